The molecule has 0 aliphatic carbocycles. The summed E-state index contributed by atoms with van der Waals surface area (Å²) in [6.45, 7) is 1.47. The Kier molecular flexibility index (Phi) is 10.2. The van der Waals surface area contributed by atoms with Crippen LogP contribution < -0.4 is 9.47 Å². The quantitative estimate of drug-likeness (QED) is 0.572. The molecule has 2 rings (SSSR count). The van der Waals surface area contributed by atoms with Gasteiger partial charge in [0.2, 0.25) is 0 Å². The van der Waals surface area contributed by atoms with Crippen LogP contribution in [0.3, 0.4) is 0 Å². The van der Waals surface area contributed by atoms with Gasteiger partial charge in [-0.15, -0.1) is 0 Å². The molecule has 8 heteroatoms. The number of ether oxygens (including phenoxy) is 2. The minimum atomic E-state index is -1.82. The first-order valence-electron chi connectivity index (χ1n) is 8.87. The Labute approximate surface area is 169 Å². The topological polar surface area (TPSA) is 117 Å². The van der Waals surface area contributed by atoms with Gasteiger partial charge in [-0.05, 0) is 36.7 Å². The fraction of sp³-hybridized carbons (Fsp3) is 0.333. The molecule has 0 aromatic heterocycles. The highest BCUT2D eigenvalue weighted by molar-refractivity contribution is 6.27. The standard InChI is InChI=1S/C19H25NO3.C2H2O4/c1-20(14-17(21)16-7-5-4-6-8-16)12-11-15-9-10-18(22-2)19(13-15)23-3;3-1(4)2(5)6/h4-10,13,17,21H,11-12,14H2,1-3H3;(H,3,4)(H,5,6). The lowest BCUT2D eigenvalue weighted by Gasteiger charge is -2.21. The van der Waals surface area contributed by atoms with E-state index in [0.717, 1.165) is 30.0 Å². The van der Waals surface area contributed by atoms with E-state index in [-0.39, 0.29) is 0 Å². The number of likely N-dealkylation sites (N-methyl/N-ethyl adjacent to an activating group) is 1. The fourth-order valence-electron chi connectivity index (χ4n) is 2.52. The zero-order valence-corrected chi connectivity index (χ0v) is 16.7. The van der Waals surface area contributed by atoms with Crippen molar-refractivity contribution in [1.29, 1.82) is 0 Å². The Morgan fingerprint density at radius 2 is 1.55 bits per heavy atom. The van der Waals surface area contributed by atoms with Crippen molar-refractivity contribution in [2.24, 2.45) is 0 Å². The molecule has 0 saturated carbocycles. The van der Waals surface area contributed by atoms with E-state index >= 15 is 0 Å². The maximum Gasteiger partial charge on any atom is 0.414 e. The largest absolute Gasteiger partial charge is 0.493 e. The predicted molar refractivity (Wildman–Crippen MR) is 107 cm³/mol. The van der Waals surface area contributed by atoms with Crippen LogP contribution in [0.1, 0.15) is 17.2 Å². The smallest absolute Gasteiger partial charge is 0.414 e. The molecule has 1 unspecified atom stereocenters. The van der Waals surface area contributed by atoms with Gasteiger partial charge < -0.3 is 29.7 Å². The number of benzene rings is 2. The molecular formula is C21H27NO7. The van der Waals surface area contributed by atoms with E-state index in [1.807, 2.05) is 55.6 Å². The van der Waals surface area contributed by atoms with E-state index in [9.17, 15) is 5.11 Å². The van der Waals surface area contributed by atoms with E-state index < -0.39 is 18.0 Å². The number of methoxy groups -OCH3 is 2. The number of aliphatic carboxylic acids is 2. The van der Waals surface area contributed by atoms with E-state index in [0.29, 0.717) is 6.54 Å². The average molecular weight is 405 g/mol. The maximum atomic E-state index is 10.3. The minimum Gasteiger partial charge on any atom is -0.493 e. The number of hydrogen-bond acceptors (Lipinski definition) is 6. The van der Waals surface area contributed by atoms with Crippen molar-refractivity contribution >= 4 is 11.9 Å². The van der Waals surface area contributed by atoms with Gasteiger partial charge >= 0.3 is 11.9 Å². The Bertz CT molecular complexity index is 768. The molecule has 3 N–H and O–H groups in total. The third-order valence-electron chi connectivity index (χ3n) is 4.08. The SMILES string of the molecule is COc1ccc(CCN(C)CC(O)c2ccccc2)cc1OC.O=C(O)C(=O)O. The zero-order valence-electron chi connectivity index (χ0n) is 16.7. The van der Waals surface area contributed by atoms with Gasteiger partial charge in [0.05, 0.1) is 20.3 Å². The van der Waals surface area contributed by atoms with Crippen LogP contribution in [0.15, 0.2) is 48.5 Å². The molecule has 0 fully saturated rings. The van der Waals surface area contributed by atoms with Gasteiger partial charge in [-0.3, -0.25) is 0 Å². The summed E-state index contributed by atoms with van der Waals surface area (Å²) in [5, 5.41) is 25.0. The summed E-state index contributed by atoms with van der Waals surface area (Å²) in [5.74, 6) is -2.16. The van der Waals surface area contributed by atoms with Gasteiger partial charge in [0.15, 0.2) is 11.5 Å². The van der Waals surface area contributed by atoms with Crippen LogP contribution in [0.4, 0.5) is 0 Å². The van der Waals surface area contributed by atoms with Crippen LogP contribution >= 0.6 is 0 Å². The molecule has 0 spiro atoms. The molecule has 2 aromatic carbocycles. The van der Waals surface area contributed by atoms with Crippen molar-refractivity contribution in [1.82, 2.24) is 4.90 Å². The summed E-state index contributed by atoms with van der Waals surface area (Å²) < 4.78 is 10.6. The molecule has 0 radical (unpaired) electrons. The first-order valence-corrected chi connectivity index (χ1v) is 8.87. The van der Waals surface area contributed by atoms with Crippen LogP contribution in [0, 0.1) is 0 Å². The van der Waals surface area contributed by atoms with Crippen molar-refractivity contribution in [2.75, 3.05) is 34.4 Å². The van der Waals surface area contributed by atoms with Crippen molar-refractivity contribution in [3.63, 3.8) is 0 Å². The number of aliphatic hydroxyl groups is 1. The maximum absolute atomic E-state index is 10.3. The van der Waals surface area contributed by atoms with Crippen LogP contribution in [0.5, 0.6) is 11.5 Å². The van der Waals surface area contributed by atoms with E-state index in [1.54, 1.807) is 14.2 Å². The van der Waals surface area contributed by atoms with Crippen LogP contribution in [-0.2, 0) is 16.0 Å². The molecule has 158 valence electrons. The lowest BCUT2D eigenvalue weighted by molar-refractivity contribution is -0.159. The van der Waals surface area contributed by atoms with Crippen LogP contribution in [0.25, 0.3) is 0 Å². The Hall–Kier alpha value is -3.10. The summed E-state index contributed by atoms with van der Waals surface area (Å²) in [4.78, 5) is 20.3. The fourth-order valence-corrected chi connectivity index (χ4v) is 2.52. The zero-order chi connectivity index (χ0) is 21.8. The monoisotopic (exact) mass is 405 g/mol. The number of hydrogen-bond donors (Lipinski definition) is 3. The lowest BCUT2D eigenvalue weighted by Crippen LogP contribution is -2.26. The number of nitrogens with zero attached hydrogens (tertiary/aromatic N) is 1. The molecule has 0 aliphatic heterocycles. The molecule has 8 nitrogen and oxygen atoms in total. The minimum absolute atomic E-state index is 0.466. The van der Waals surface area contributed by atoms with Gasteiger partial charge in [0.1, 0.15) is 0 Å². The molecule has 0 bridgehead atoms. The van der Waals surface area contributed by atoms with Crippen LogP contribution in [-0.4, -0.2) is 66.5 Å². The van der Waals surface area contributed by atoms with E-state index in [1.165, 1.54) is 5.56 Å². The van der Waals surface area contributed by atoms with E-state index in [2.05, 4.69) is 4.90 Å². The Balaban J connectivity index is 0.000000612. The summed E-state index contributed by atoms with van der Waals surface area (Å²) >= 11 is 0. The van der Waals surface area contributed by atoms with Crippen molar-refractivity contribution < 1.29 is 34.4 Å². The second kappa shape index (κ2) is 12.4. The number of carboxylic acids is 2. The number of rotatable bonds is 8. The molecule has 0 saturated heterocycles. The van der Waals surface area contributed by atoms with Gasteiger partial charge in [0.25, 0.3) is 0 Å². The molecular weight excluding hydrogens is 378 g/mol. The molecule has 0 amide bonds. The summed E-state index contributed by atoms with van der Waals surface area (Å²) in [5.41, 5.74) is 2.13. The van der Waals surface area contributed by atoms with Gasteiger partial charge in [-0.25, -0.2) is 9.59 Å². The predicted octanol–water partition coefficient (Wildman–Crippen LogP) is 2.07. The highest BCUT2D eigenvalue weighted by atomic mass is 16.5. The molecule has 29 heavy (non-hydrogen) atoms. The molecule has 1 atom stereocenters. The van der Waals surface area contributed by atoms with Crippen molar-refractivity contribution in [3.8, 4) is 11.5 Å². The number of aliphatic hydroxyl groups excluding tert-OH is 1. The first-order chi connectivity index (χ1) is 13.8. The van der Waals surface area contributed by atoms with Gasteiger partial charge in [-0.1, -0.05) is 36.4 Å². The molecule has 0 aliphatic rings. The van der Waals surface area contributed by atoms with Gasteiger partial charge in [-0.2, -0.15) is 0 Å². The summed E-state index contributed by atoms with van der Waals surface area (Å²) in [7, 11) is 5.30. The van der Waals surface area contributed by atoms with Crippen molar-refractivity contribution in [2.45, 2.75) is 12.5 Å². The second-order valence-corrected chi connectivity index (χ2v) is 6.24. The van der Waals surface area contributed by atoms with Gasteiger partial charge in [0, 0.05) is 13.1 Å². The number of carboxylic acid groups (broad SMARTS) is 2. The third-order valence-corrected chi connectivity index (χ3v) is 4.08. The summed E-state index contributed by atoms with van der Waals surface area (Å²) in [6, 6.07) is 15.7. The highest BCUT2D eigenvalue weighted by Crippen LogP contribution is 2.27. The normalized spacial score (nSPS) is 11.2. The average Bonchev–Trinajstić information content (AvgIpc) is 2.72. The van der Waals surface area contributed by atoms with Crippen LogP contribution in [0.2, 0.25) is 0 Å². The third kappa shape index (κ3) is 8.63. The lowest BCUT2D eigenvalue weighted by atomic mass is 10.1. The molecule has 2 aromatic rings. The van der Waals surface area contributed by atoms with Crippen molar-refractivity contribution in [3.05, 3.63) is 59.7 Å². The Morgan fingerprint density at radius 1 is 0.966 bits per heavy atom. The second-order valence-electron chi connectivity index (χ2n) is 6.24. The first kappa shape index (κ1) is 23.9. The van der Waals surface area contributed by atoms with E-state index in [4.69, 9.17) is 29.3 Å². The summed E-state index contributed by atoms with van der Waals surface area (Å²) in [6.07, 6.45) is 0.421. The Morgan fingerprint density at radius 3 is 2.07 bits per heavy atom. The molecule has 0 heterocycles. The highest BCUT2D eigenvalue weighted by Gasteiger charge is 2.11. The number of carbonyl (C=O) groups is 2.